The van der Waals surface area contributed by atoms with E-state index in [1.165, 1.54) is 0 Å². The molecule has 0 spiro atoms. The number of aliphatic hydroxyl groups excluding tert-OH is 1. The topological polar surface area (TPSA) is 70.0 Å². The van der Waals surface area contributed by atoms with Gasteiger partial charge in [-0.3, -0.25) is 9.69 Å². The van der Waals surface area contributed by atoms with Crippen LogP contribution in [0.2, 0.25) is 0 Å². The van der Waals surface area contributed by atoms with Gasteiger partial charge in [-0.05, 0) is 44.4 Å². The van der Waals surface area contributed by atoms with Crippen LogP contribution in [0.1, 0.15) is 45.4 Å². The van der Waals surface area contributed by atoms with Crippen LogP contribution in [0.5, 0.6) is 0 Å². The van der Waals surface area contributed by atoms with E-state index in [1.807, 2.05) is 12.2 Å². The Bertz CT molecular complexity index is 390. The first kappa shape index (κ1) is 17.4. The zero-order valence-electron chi connectivity index (χ0n) is 13.5. The third kappa shape index (κ3) is 3.70. The summed E-state index contributed by atoms with van der Waals surface area (Å²) in [5.74, 6) is -0.756. The number of aliphatic carboxylic acids is 1. The standard InChI is InChI=1S/C17H29NO4/c1-2-3-4-8-17(16(20)21,14-6-7-15(19)13-14)18-9-5-11-22-12-10-18/h3-4,14-15,19H,2,5-13H2,1H3,(H,20,21). The van der Waals surface area contributed by atoms with Crippen molar-refractivity contribution in [3.63, 3.8) is 0 Å². The van der Waals surface area contributed by atoms with E-state index in [1.54, 1.807) is 0 Å². The van der Waals surface area contributed by atoms with Crippen molar-refractivity contribution in [3.05, 3.63) is 12.2 Å². The summed E-state index contributed by atoms with van der Waals surface area (Å²) < 4.78 is 5.51. The van der Waals surface area contributed by atoms with Crippen LogP contribution in [0.15, 0.2) is 12.2 Å². The number of nitrogens with zero attached hydrogens (tertiary/aromatic N) is 1. The van der Waals surface area contributed by atoms with Crippen LogP contribution in [0, 0.1) is 5.92 Å². The molecule has 2 aliphatic rings. The van der Waals surface area contributed by atoms with E-state index in [-0.39, 0.29) is 12.0 Å². The molecule has 22 heavy (non-hydrogen) atoms. The molecule has 1 aliphatic heterocycles. The second kappa shape index (κ2) is 8.09. The third-order valence-corrected chi connectivity index (χ3v) is 5.07. The molecule has 1 saturated carbocycles. The fourth-order valence-corrected chi connectivity index (χ4v) is 3.92. The van der Waals surface area contributed by atoms with Crippen molar-refractivity contribution >= 4 is 5.97 Å². The predicted octanol–water partition coefficient (Wildman–Crippen LogP) is 2.05. The number of aliphatic hydroxyl groups is 1. The SMILES string of the molecule is CCC=CCC(C(=O)O)(C1CCC(O)C1)N1CCCOCC1. The minimum absolute atomic E-state index is 0.000365. The first-order valence-corrected chi connectivity index (χ1v) is 8.50. The predicted molar refractivity (Wildman–Crippen MR) is 84.8 cm³/mol. The van der Waals surface area contributed by atoms with E-state index in [0.717, 1.165) is 25.8 Å². The lowest BCUT2D eigenvalue weighted by atomic mass is 9.77. The number of hydrogen-bond donors (Lipinski definition) is 2. The van der Waals surface area contributed by atoms with Gasteiger partial charge in [0.15, 0.2) is 0 Å². The van der Waals surface area contributed by atoms with E-state index < -0.39 is 11.5 Å². The van der Waals surface area contributed by atoms with Crippen LogP contribution < -0.4 is 0 Å². The molecular weight excluding hydrogens is 282 g/mol. The summed E-state index contributed by atoms with van der Waals surface area (Å²) in [6, 6.07) is 0. The largest absolute Gasteiger partial charge is 0.480 e. The number of carboxylic acids is 1. The molecule has 1 heterocycles. The Hall–Kier alpha value is -0.910. The average Bonchev–Trinajstić information content (AvgIpc) is 2.76. The van der Waals surface area contributed by atoms with Crippen LogP contribution in [-0.4, -0.2) is 59.0 Å². The van der Waals surface area contributed by atoms with Crippen LogP contribution in [0.25, 0.3) is 0 Å². The number of ether oxygens (including phenoxy) is 1. The van der Waals surface area contributed by atoms with Crippen molar-refractivity contribution in [1.82, 2.24) is 4.90 Å². The van der Waals surface area contributed by atoms with Gasteiger partial charge in [0.25, 0.3) is 0 Å². The number of allylic oxidation sites excluding steroid dienone is 1. The quantitative estimate of drug-likeness (QED) is 0.735. The molecule has 0 aromatic carbocycles. The second-order valence-electron chi connectivity index (χ2n) is 6.43. The van der Waals surface area contributed by atoms with Gasteiger partial charge in [-0.2, -0.15) is 0 Å². The van der Waals surface area contributed by atoms with Crippen LogP contribution >= 0.6 is 0 Å². The van der Waals surface area contributed by atoms with E-state index in [9.17, 15) is 15.0 Å². The van der Waals surface area contributed by atoms with Crippen LogP contribution in [0.4, 0.5) is 0 Å². The van der Waals surface area contributed by atoms with E-state index in [0.29, 0.717) is 39.0 Å². The molecule has 1 aliphatic carbocycles. The summed E-state index contributed by atoms with van der Waals surface area (Å²) in [4.78, 5) is 14.4. The Morgan fingerprint density at radius 2 is 2.14 bits per heavy atom. The number of carbonyl (C=O) groups is 1. The molecule has 1 saturated heterocycles. The molecule has 2 N–H and O–H groups in total. The molecule has 3 unspecified atom stereocenters. The summed E-state index contributed by atoms with van der Waals surface area (Å²) in [6.45, 7) is 4.74. The van der Waals surface area contributed by atoms with Crippen molar-refractivity contribution in [2.75, 3.05) is 26.3 Å². The summed E-state index contributed by atoms with van der Waals surface area (Å²) in [5.41, 5.74) is -0.906. The molecule has 3 atom stereocenters. The molecule has 0 aromatic rings. The Labute approximate surface area is 133 Å². The Kier molecular flexibility index (Phi) is 6.41. The Morgan fingerprint density at radius 3 is 2.77 bits per heavy atom. The van der Waals surface area contributed by atoms with Gasteiger partial charge in [0.05, 0.1) is 12.7 Å². The summed E-state index contributed by atoms with van der Waals surface area (Å²) >= 11 is 0. The van der Waals surface area contributed by atoms with E-state index in [4.69, 9.17) is 4.74 Å². The molecule has 0 bridgehead atoms. The lowest BCUT2D eigenvalue weighted by Crippen LogP contribution is -2.59. The smallest absolute Gasteiger partial charge is 0.324 e. The van der Waals surface area contributed by atoms with Gasteiger partial charge in [0.1, 0.15) is 5.54 Å². The normalized spacial score (nSPS) is 30.3. The molecule has 5 heteroatoms. The maximum Gasteiger partial charge on any atom is 0.324 e. The highest BCUT2D eigenvalue weighted by Crippen LogP contribution is 2.41. The molecule has 5 nitrogen and oxygen atoms in total. The fraction of sp³-hybridized carbons (Fsp3) is 0.824. The van der Waals surface area contributed by atoms with Gasteiger partial charge >= 0.3 is 5.97 Å². The molecular formula is C17H29NO4. The number of carboxylic acid groups (broad SMARTS) is 1. The van der Waals surface area contributed by atoms with Crippen molar-refractivity contribution in [2.24, 2.45) is 5.92 Å². The van der Waals surface area contributed by atoms with Crippen molar-refractivity contribution in [3.8, 4) is 0 Å². The van der Waals surface area contributed by atoms with Crippen LogP contribution in [0.3, 0.4) is 0 Å². The highest BCUT2D eigenvalue weighted by molar-refractivity contribution is 5.79. The zero-order valence-corrected chi connectivity index (χ0v) is 13.5. The molecule has 0 amide bonds. The lowest BCUT2D eigenvalue weighted by Gasteiger charge is -2.44. The second-order valence-corrected chi connectivity index (χ2v) is 6.43. The first-order chi connectivity index (χ1) is 10.6. The average molecular weight is 311 g/mol. The highest BCUT2D eigenvalue weighted by atomic mass is 16.5. The van der Waals surface area contributed by atoms with Crippen molar-refractivity contribution in [2.45, 2.75) is 57.1 Å². The Balaban J connectivity index is 2.30. The summed E-state index contributed by atoms with van der Waals surface area (Å²) in [5, 5.41) is 20.0. The maximum absolute atomic E-state index is 12.3. The molecule has 0 aromatic heterocycles. The van der Waals surface area contributed by atoms with E-state index >= 15 is 0 Å². The van der Waals surface area contributed by atoms with Gasteiger partial charge in [0, 0.05) is 19.7 Å². The zero-order chi connectivity index (χ0) is 16.0. The van der Waals surface area contributed by atoms with Crippen molar-refractivity contribution < 1.29 is 19.7 Å². The summed E-state index contributed by atoms with van der Waals surface area (Å²) in [6.07, 6.45) is 8.04. The molecule has 2 rings (SSSR count). The van der Waals surface area contributed by atoms with Gasteiger partial charge < -0.3 is 14.9 Å². The van der Waals surface area contributed by atoms with Gasteiger partial charge in [0.2, 0.25) is 0 Å². The minimum atomic E-state index is -0.906. The van der Waals surface area contributed by atoms with Gasteiger partial charge in [-0.15, -0.1) is 0 Å². The minimum Gasteiger partial charge on any atom is -0.480 e. The molecule has 0 radical (unpaired) electrons. The van der Waals surface area contributed by atoms with E-state index in [2.05, 4.69) is 11.8 Å². The maximum atomic E-state index is 12.3. The van der Waals surface area contributed by atoms with Gasteiger partial charge in [-0.25, -0.2) is 0 Å². The number of rotatable bonds is 6. The monoisotopic (exact) mass is 311 g/mol. The highest BCUT2D eigenvalue weighted by Gasteiger charge is 2.51. The van der Waals surface area contributed by atoms with Crippen molar-refractivity contribution in [1.29, 1.82) is 0 Å². The lowest BCUT2D eigenvalue weighted by molar-refractivity contribution is -0.156. The van der Waals surface area contributed by atoms with Gasteiger partial charge in [-0.1, -0.05) is 19.1 Å². The fourth-order valence-electron chi connectivity index (χ4n) is 3.92. The van der Waals surface area contributed by atoms with Crippen LogP contribution in [-0.2, 0) is 9.53 Å². The summed E-state index contributed by atoms with van der Waals surface area (Å²) in [7, 11) is 0. The number of hydrogen-bond acceptors (Lipinski definition) is 4. The molecule has 2 fully saturated rings. The third-order valence-electron chi connectivity index (χ3n) is 5.07. The first-order valence-electron chi connectivity index (χ1n) is 8.50. The Morgan fingerprint density at radius 1 is 1.32 bits per heavy atom. The molecule has 126 valence electrons.